The first kappa shape index (κ1) is 20.2. The molecule has 1 amide bonds. The van der Waals surface area contributed by atoms with Gasteiger partial charge in [-0.25, -0.2) is 4.39 Å². The van der Waals surface area contributed by atoms with Crippen molar-refractivity contribution in [3.8, 4) is 11.4 Å². The van der Waals surface area contributed by atoms with Crippen LogP contribution < -0.4 is 0 Å². The van der Waals surface area contributed by atoms with E-state index in [4.69, 9.17) is 9.26 Å². The lowest BCUT2D eigenvalue weighted by atomic mass is 10.1. The number of ether oxygens (including phenoxy) is 1. The molecule has 1 aromatic heterocycles. The molecule has 0 aliphatic carbocycles. The lowest BCUT2D eigenvalue weighted by Crippen LogP contribution is -2.31. The molecule has 1 heterocycles. The van der Waals surface area contributed by atoms with E-state index in [1.807, 2.05) is 6.07 Å². The van der Waals surface area contributed by atoms with Crippen LogP contribution in [0.4, 0.5) is 4.39 Å². The maximum Gasteiger partial charge on any atom is 0.307 e. The molecule has 29 heavy (non-hydrogen) atoms. The molecule has 7 nitrogen and oxygen atoms in total. The van der Waals surface area contributed by atoms with Gasteiger partial charge in [-0.15, -0.1) is 0 Å². The first-order valence-electron chi connectivity index (χ1n) is 8.98. The van der Waals surface area contributed by atoms with Crippen LogP contribution in [0.5, 0.6) is 0 Å². The van der Waals surface area contributed by atoms with Gasteiger partial charge in [-0.05, 0) is 24.3 Å². The van der Waals surface area contributed by atoms with E-state index in [-0.39, 0.29) is 30.5 Å². The van der Waals surface area contributed by atoms with Crippen LogP contribution in [-0.2, 0) is 20.7 Å². The van der Waals surface area contributed by atoms with Crippen molar-refractivity contribution in [2.45, 2.75) is 18.9 Å². The summed E-state index contributed by atoms with van der Waals surface area (Å²) in [6.45, 7) is 0. The smallest absolute Gasteiger partial charge is 0.307 e. The standard InChI is InChI=1S/C21H20FN3O4/c1-25(2)21(27)19(14-6-4-3-5-7-14)28-18(26)13-12-17-23-20(24-29-17)15-8-10-16(22)11-9-15/h3-11,19H,12-13H2,1-2H3/t19-/m0/s1. The van der Waals surface area contributed by atoms with Crippen molar-refractivity contribution < 1.29 is 23.2 Å². The summed E-state index contributed by atoms with van der Waals surface area (Å²) in [4.78, 5) is 30.3. The number of hydrogen-bond donors (Lipinski definition) is 0. The minimum absolute atomic E-state index is 0.0326. The Morgan fingerprint density at radius 3 is 2.45 bits per heavy atom. The summed E-state index contributed by atoms with van der Waals surface area (Å²) in [5.41, 5.74) is 1.20. The largest absolute Gasteiger partial charge is 0.447 e. The molecule has 0 N–H and O–H groups in total. The molecule has 3 aromatic rings. The van der Waals surface area contributed by atoms with Crippen LogP contribution in [0, 0.1) is 5.82 Å². The normalized spacial score (nSPS) is 11.7. The zero-order valence-electron chi connectivity index (χ0n) is 16.0. The van der Waals surface area contributed by atoms with Gasteiger partial charge in [0.25, 0.3) is 5.91 Å². The fraction of sp³-hybridized carbons (Fsp3) is 0.238. The first-order chi connectivity index (χ1) is 13.9. The van der Waals surface area contributed by atoms with Crippen molar-refractivity contribution in [2.24, 2.45) is 0 Å². The topological polar surface area (TPSA) is 85.5 Å². The Bertz CT molecular complexity index is 971. The number of aromatic nitrogens is 2. The highest BCUT2D eigenvalue weighted by Crippen LogP contribution is 2.21. The number of amides is 1. The molecule has 0 saturated heterocycles. The second-order valence-electron chi connectivity index (χ2n) is 6.53. The van der Waals surface area contributed by atoms with Gasteiger partial charge in [0.1, 0.15) is 5.82 Å². The van der Waals surface area contributed by atoms with Crippen LogP contribution in [0.1, 0.15) is 24.0 Å². The van der Waals surface area contributed by atoms with Gasteiger partial charge in [0.2, 0.25) is 17.8 Å². The Hall–Kier alpha value is -3.55. The number of carbonyl (C=O) groups excluding carboxylic acids is 2. The van der Waals surface area contributed by atoms with Crippen molar-refractivity contribution in [3.05, 3.63) is 71.9 Å². The fourth-order valence-electron chi connectivity index (χ4n) is 2.60. The average molecular weight is 397 g/mol. The third-order valence-electron chi connectivity index (χ3n) is 4.13. The summed E-state index contributed by atoms with van der Waals surface area (Å²) >= 11 is 0. The molecule has 1 atom stereocenters. The zero-order chi connectivity index (χ0) is 20.8. The molecular weight excluding hydrogens is 377 g/mol. The van der Waals surface area contributed by atoms with Crippen molar-refractivity contribution in [1.82, 2.24) is 15.0 Å². The van der Waals surface area contributed by atoms with Gasteiger partial charge in [0.05, 0.1) is 6.42 Å². The summed E-state index contributed by atoms with van der Waals surface area (Å²) in [5.74, 6) is -0.702. The van der Waals surface area contributed by atoms with E-state index in [2.05, 4.69) is 10.1 Å². The number of benzene rings is 2. The summed E-state index contributed by atoms with van der Waals surface area (Å²) in [5, 5.41) is 3.83. The molecule has 0 bridgehead atoms. The molecule has 0 spiro atoms. The summed E-state index contributed by atoms with van der Waals surface area (Å²) in [7, 11) is 3.20. The van der Waals surface area contributed by atoms with E-state index in [9.17, 15) is 14.0 Å². The molecule has 0 saturated carbocycles. The Kier molecular flexibility index (Phi) is 6.33. The van der Waals surface area contributed by atoms with Gasteiger partial charge in [-0.1, -0.05) is 35.5 Å². The van der Waals surface area contributed by atoms with Crippen LogP contribution in [0.2, 0.25) is 0 Å². The minimum Gasteiger partial charge on any atom is -0.447 e. The zero-order valence-corrected chi connectivity index (χ0v) is 16.0. The molecule has 0 fully saturated rings. The number of aryl methyl sites for hydroxylation is 1. The Morgan fingerprint density at radius 2 is 1.79 bits per heavy atom. The van der Waals surface area contributed by atoms with E-state index < -0.39 is 12.1 Å². The number of nitrogens with zero attached hydrogens (tertiary/aromatic N) is 3. The third-order valence-corrected chi connectivity index (χ3v) is 4.13. The lowest BCUT2D eigenvalue weighted by Gasteiger charge is -2.21. The van der Waals surface area contributed by atoms with Gasteiger partial charge in [0, 0.05) is 31.6 Å². The second-order valence-corrected chi connectivity index (χ2v) is 6.53. The van der Waals surface area contributed by atoms with E-state index in [0.717, 1.165) is 0 Å². The van der Waals surface area contributed by atoms with Gasteiger partial charge in [0.15, 0.2) is 0 Å². The highest BCUT2D eigenvalue weighted by molar-refractivity contribution is 5.84. The number of carbonyl (C=O) groups is 2. The molecule has 0 aliphatic heterocycles. The Labute approximate surface area is 167 Å². The molecule has 0 radical (unpaired) electrons. The predicted octanol–water partition coefficient (Wildman–Crippen LogP) is 3.18. The van der Waals surface area contributed by atoms with Gasteiger partial charge in [-0.3, -0.25) is 9.59 Å². The molecule has 3 rings (SSSR count). The number of halogens is 1. The van der Waals surface area contributed by atoms with E-state index in [1.54, 1.807) is 38.4 Å². The fourth-order valence-corrected chi connectivity index (χ4v) is 2.60. The van der Waals surface area contributed by atoms with E-state index >= 15 is 0 Å². The SMILES string of the molecule is CN(C)C(=O)[C@@H](OC(=O)CCc1nc(-c2ccc(F)cc2)no1)c1ccccc1. The quantitative estimate of drug-likeness (QED) is 0.569. The van der Waals surface area contributed by atoms with Crippen molar-refractivity contribution in [2.75, 3.05) is 14.1 Å². The van der Waals surface area contributed by atoms with Crippen molar-refractivity contribution in [1.29, 1.82) is 0 Å². The number of rotatable bonds is 7. The number of hydrogen-bond acceptors (Lipinski definition) is 6. The Balaban J connectivity index is 1.62. The predicted molar refractivity (Wildman–Crippen MR) is 102 cm³/mol. The first-order valence-corrected chi connectivity index (χ1v) is 8.98. The lowest BCUT2D eigenvalue weighted by molar-refractivity contribution is -0.159. The molecule has 2 aromatic carbocycles. The maximum atomic E-state index is 13.0. The third kappa shape index (κ3) is 5.25. The average Bonchev–Trinajstić information content (AvgIpc) is 3.20. The van der Waals surface area contributed by atoms with Crippen molar-refractivity contribution in [3.63, 3.8) is 0 Å². The molecule has 0 aliphatic rings. The monoisotopic (exact) mass is 397 g/mol. The summed E-state index contributed by atoms with van der Waals surface area (Å²) in [6, 6.07) is 14.5. The highest BCUT2D eigenvalue weighted by atomic mass is 19.1. The molecular formula is C21H20FN3O4. The van der Waals surface area contributed by atoms with Gasteiger partial charge < -0.3 is 14.2 Å². The van der Waals surface area contributed by atoms with Crippen LogP contribution >= 0.6 is 0 Å². The van der Waals surface area contributed by atoms with Crippen LogP contribution in [-0.4, -0.2) is 41.0 Å². The Morgan fingerprint density at radius 1 is 1.10 bits per heavy atom. The van der Waals surface area contributed by atoms with Crippen molar-refractivity contribution >= 4 is 11.9 Å². The summed E-state index contributed by atoms with van der Waals surface area (Å²) < 4.78 is 23.6. The number of likely N-dealkylation sites (N-methyl/N-ethyl adjacent to an activating group) is 1. The molecule has 0 unspecified atom stereocenters. The molecule has 150 valence electrons. The van der Waals surface area contributed by atoms with Crippen LogP contribution in [0.15, 0.2) is 59.1 Å². The summed E-state index contributed by atoms with van der Waals surface area (Å²) in [6.07, 6.45) is -0.893. The van der Waals surface area contributed by atoms with Gasteiger partial charge in [-0.2, -0.15) is 4.98 Å². The van der Waals surface area contributed by atoms with Crippen LogP contribution in [0.3, 0.4) is 0 Å². The van der Waals surface area contributed by atoms with Gasteiger partial charge >= 0.3 is 5.97 Å². The minimum atomic E-state index is -1.02. The van der Waals surface area contributed by atoms with Crippen LogP contribution in [0.25, 0.3) is 11.4 Å². The second kappa shape index (κ2) is 9.09. The molecule has 8 heteroatoms. The van der Waals surface area contributed by atoms with E-state index in [0.29, 0.717) is 17.0 Å². The highest BCUT2D eigenvalue weighted by Gasteiger charge is 2.26. The maximum absolute atomic E-state index is 13.0. The number of esters is 1. The van der Waals surface area contributed by atoms with E-state index in [1.165, 1.54) is 29.2 Å².